The number of benzene rings is 2. The third-order valence-electron chi connectivity index (χ3n) is 3.60. The van der Waals surface area contributed by atoms with Crippen molar-refractivity contribution in [2.45, 2.75) is 13.5 Å². The van der Waals surface area contributed by atoms with Crippen molar-refractivity contribution in [2.75, 3.05) is 5.73 Å². The van der Waals surface area contributed by atoms with Crippen LogP contribution in [0.3, 0.4) is 0 Å². The summed E-state index contributed by atoms with van der Waals surface area (Å²) in [6, 6.07) is 15.4. The van der Waals surface area contributed by atoms with Crippen LogP contribution in [0, 0.1) is 6.92 Å². The Morgan fingerprint density at radius 2 is 1.96 bits per heavy atom. The van der Waals surface area contributed by atoms with E-state index in [4.69, 9.17) is 10.5 Å². The Hall–Kier alpha value is -2.71. The van der Waals surface area contributed by atoms with Crippen molar-refractivity contribution in [1.29, 1.82) is 0 Å². The van der Waals surface area contributed by atoms with Crippen LogP contribution in [0.2, 0.25) is 0 Å². The van der Waals surface area contributed by atoms with Crippen molar-refractivity contribution >= 4 is 44.5 Å². The fraction of sp³-hybridized carbons (Fsp3) is 0.105. The van der Waals surface area contributed by atoms with Crippen molar-refractivity contribution in [2.24, 2.45) is 5.10 Å². The van der Waals surface area contributed by atoms with Gasteiger partial charge in [-0.05, 0) is 54.4 Å². The van der Waals surface area contributed by atoms with Gasteiger partial charge in [-0.15, -0.1) is 0 Å². The molecule has 3 rings (SSSR count). The number of hydrogen-bond acceptors (Lipinski definition) is 6. The summed E-state index contributed by atoms with van der Waals surface area (Å²) in [4.78, 5) is 16.5. The monoisotopic (exact) mass is 444 g/mol. The number of hydrogen-bond donors (Lipinski definition) is 2. The zero-order valence-corrected chi connectivity index (χ0v) is 16.9. The zero-order chi connectivity index (χ0) is 19.2. The van der Waals surface area contributed by atoms with E-state index in [1.54, 1.807) is 13.1 Å². The molecule has 27 heavy (non-hydrogen) atoms. The molecule has 0 spiro atoms. The standard InChI is InChI=1S/C19H17BrN4O2S/c1-12-17(27-19(21)23-12)18(25)24-22-10-13-4-8-16(9-5-13)26-11-14-2-6-15(20)7-3-14/h2-10H,11H2,1H3,(H2,21,23)(H,24,25)/b22-10-. The van der Waals surface area contributed by atoms with Crippen LogP contribution in [-0.4, -0.2) is 17.1 Å². The molecule has 0 saturated carbocycles. The lowest BCUT2D eigenvalue weighted by molar-refractivity contribution is 0.0958. The molecular formula is C19H17BrN4O2S. The van der Waals surface area contributed by atoms with Gasteiger partial charge in [-0.25, -0.2) is 10.4 Å². The number of thiazole rings is 1. The second-order valence-corrected chi connectivity index (χ2v) is 7.60. The number of amides is 1. The second-order valence-electron chi connectivity index (χ2n) is 5.65. The maximum atomic E-state index is 12.0. The highest BCUT2D eigenvalue weighted by molar-refractivity contribution is 9.10. The number of aryl methyl sites for hydroxylation is 1. The van der Waals surface area contributed by atoms with Crippen LogP contribution in [0.15, 0.2) is 58.1 Å². The number of nitrogens with one attached hydrogen (secondary N) is 1. The molecule has 0 aliphatic carbocycles. The molecule has 0 unspecified atom stereocenters. The molecule has 2 aromatic carbocycles. The lowest BCUT2D eigenvalue weighted by Crippen LogP contribution is -2.17. The largest absolute Gasteiger partial charge is 0.489 e. The predicted molar refractivity (Wildman–Crippen MR) is 111 cm³/mol. The summed E-state index contributed by atoms with van der Waals surface area (Å²) in [5, 5.41) is 4.33. The summed E-state index contributed by atoms with van der Waals surface area (Å²) in [5.74, 6) is 0.433. The highest BCUT2D eigenvalue weighted by Crippen LogP contribution is 2.19. The molecule has 0 atom stereocenters. The first-order valence-corrected chi connectivity index (χ1v) is 9.66. The molecule has 0 aliphatic rings. The quantitative estimate of drug-likeness (QED) is 0.441. The molecular weight excluding hydrogens is 428 g/mol. The number of nitrogen functional groups attached to an aromatic ring is 1. The first-order chi connectivity index (χ1) is 13.0. The maximum Gasteiger partial charge on any atom is 0.283 e. The maximum absolute atomic E-state index is 12.0. The van der Waals surface area contributed by atoms with E-state index >= 15 is 0 Å². The van der Waals surface area contributed by atoms with Crippen LogP contribution in [0.4, 0.5) is 5.13 Å². The molecule has 0 saturated heterocycles. The molecule has 6 nitrogen and oxygen atoms in total. The number of carbonyl (C=O) groups is 1. The first-order valence-electron chi connectivity index (χ1n) is 8.05. The number of anilines is 1. The van der Waals surface area contributed by atoms with Gasteiger partial charge in [-0.3, -0.25) is 4.79 Å². The van der Waals surface area contributed by atoms with Crippen molar-refractivity contribution < 1.29 is 9.53 Å². The summed E-state index contributed by atoms with van der Waals surface area (Å²) in [7, 11) is 0. The summed E-state index contributed by atoms with van der Waals surface area (Å²) in [6.07, 6.45) is 1.57. The third kappa shape index (κ3) is 5.38. The van der Waals surface area contributed by atoms with Crippen molar-refractivity contribution in [3.05, 3.63) is 74.7 Å². The van der Waals surface area contributed by atoms with E-state index < -0.39 is 0 Å². The van der Waals surface area contributed by atoms with E-state index in [0.717, 1.165) is 32.7 Å². The van der Waals surface area contributed by atoms with Gasteiger partial charge in [0.2, 0.25) is 0 Å². The topological polar surface area (TPSA) is 89.6 Å². The molecule has 1 heterocycles. The number of aromatic nitrogens is 1. The molecule has 8 heteroatoms. The normalized spacial score (nSPS) is 10.9. The number of halogens is 1. The summed E-state index contributed by atoms with van der Waals surface area (Å²) in [5.41, 5.74) is 10.6. The van der Waals surface area contributed by atoms with E-state index in [1.807, 2.05) is 48.5 Å². The summed E-state index contributed by atoms with van der Waals surface area (Å²) >= 11 is 4.55. The second kappa shape index (κ2) is 8.79. The molecule has 0 radical (unpaired) electrons. The van der Waals surface area contributed by atoms with Gasteiger partial charge in [0.15, 0.2) is 5.13 Å². The minimum absolute atomic E-state index is 0.326. The van der Waals surface area contributed by atoms with Crippen molar-refractivity contribution in [3.63, 3.8) is 0 Å². The highest BCUT2D eigenvalue weighted by atomic mass is 79.9. The average molecular weight is 445 g/mol. The molecule has 0 bridgehead atoms. The van der Waals surface area contributed by atoms with Gasteiger partial charge in [0.25, 0.3) is 5.91 Å². The van der Waals surface area contributed by atoms with Gasteiger partial charge < -0.3 is 10.5 Å². The zero-order valence-electron chi connectivity index (χ0n) is 14.5. The van der Waals surface area contributed by atoms with Gasteiger partial charge in [0.1, 0.15) is 17.2 Å². The highest BCUT2D eigenvalue weighted by Gasteiger charge is 2.13. The third-order valence-corrected chi connectivity index (χ3v) is 5.11. The number of carbonyl (C=O) groups excluding carboxylic acids is 1. The van der Waals surface area contributed by atoms with Crippen LogP contribution < -0.4 is 15.9 Å². The molecule has 0 fully saturated rings. The Morgan fingerprint density at radius 1 is 1.26 bits per heavy atom. The number of nitrogens with two attached hydrogens (primary N) is 1. The van der Waals surface area contributed by atoms with Gasteiger partial charge >= 0.3 is 0 Å². The first kappa shape index (κ1) is 19.1. The van der Waals surface area contributed by atoms with E-state index in [1.165, 1.54) is 0 Å². The molecule has 138 valence electrons. The summed E-state index contributed by atoms with van der Waals surface area (Å²) in [6.45, 7) is 2.23. The fourth-order valence-electron chi connectivity index (χ4n) is 2.24. The number of hydrazone groups is 1. The Balaban J connectivity index is 1.52. The molecule has 0 aliphatic heterocycles. The van der Waals surface area contributed by atoms with Crippen LogP contribution >= 0.6 is 27.3 Å². The van der Waals surface area contributed by atoms with E-state index in [-0.39, 0.29) is 5.91 Å². The number of nitrogens with zero attached hydrogens (tertiary/aromatic N) is 2. The van der Waals surface area contributed by atoms with Gasteiger partial charge in [0, 0.05) is 4.47 Å². The van der Waals surface area contributed by atoms with Crippen LogP contribution in [-0.2, 0) is 6.61 Å². The number of ether oxygens (including phenoxy) is 1. The van der Waals surface area contributed by atoms with Crippen molar-refractivity contribution in [3.8, 4) is 5.75 Å². The molecule has 3 N–H and O–H groups in total. The Kier molecular flexibility index (Phi) is 6.20. The molecule has 1 amide bonds. The van der Waals surface area contributed by atoms with Crippen molar-refractivity contribution in [1.82, 2.24) is 10.4 Å². The minimum atomic E-state index is -0.326. The SMILES string of the molecule is Cc1nc(N)sc1C(=O)N/N=C\c1ccc(OCc2ccc(Br)cc2)cc1. The average Bonchev–Trinajstić information content (AvgIpc) is 3.00. The van der Waals surface area contributed by atoms with E-state index in [9.17, 15) is 4.79 Å². The summed E-state index contributed by atoms with van der Waals surface area (Å²) < 4.78 is 6.79. The van der Waals surface area contributed by atoms with Crippen LogP contribution in [0.25, 0.3) is 0 Å². The molecule has 3 aromatic rings. The lowest BCUT2D eigenvalue weighted by Gasteiger charge is -2.06. The van der Waals surface area contributed by atoms with E-state index in [0.29, 0.717) is 22.3 Å². The Morgan fingerprint density at radius 3 is 2.59 bits per heavy atom. The predicted octanol–water partition coefficient (Wildman–Crippen LogP) is 4.14. The Bertz CT molecular complexity index is 953. The van der Waals surface area contributed by atoms with Gasteiger partial charge in [-0.2, -0.15) is 5.10 Å². The van der Waals surface area contributed by atoms with E-state index in [2.05, 4.69) is 31.4 Å². The smallest absolute Gasteiger partial charge is 0.283 e. The fourth-order valence-corrected chi connectivity index (χ4v) is 3.23. The van der Waals surface area contributed by atoms with Crippen LogP contribution in [0.5, 0.6) is 5.75 Å². The number of rotatable bonds is 6. The van der Waals surface area contributed by atoms with Crippen LogP contribution in [0.1, 0.15) is 26.5 Å². The van der Waals surface area contributed by atoms with Gasteiger partial charge in [-0.1, -0.05) is 39.4 Å². The Labute approximate surface area is 169 Å². The van der Waals surface area contributed by atoms with Gasteiger partial charge in [0.05, 0.1) is 11.9 Å². The minimum Gasteiger partial charge on any atom is -0.489 e. The lowest BCUT2D eigenvalue weighted by atomic mass is 10.2. The molecule has 1 aromatic heterocycles.